The van der Waals surface area contributed by atoms with E-state index in [1.54, 1.807) is 4.68 Å². The highest BCUT2D eigenvalue weighted by Crippen LogP contribution is 2.14. The maximum Gasteiger partial charge on any atom is 0.199 e. The van der Waals surface area contributed by atoms with Crippen LogP contribution in [0.15, 0.2) is 12.3 Å². The maximum absolute atomic E-state index is 9.42. The smallest absolute Gasteiger partial charge is 0.199 e. The molecule has 6 nitrogen and oxygen atoms in total. The summed E-state index contributed by atoms with van der Waals surface area (Å²) in [5.41, 5.74) is 1.12. The average Bonchev–Trinajstić information content (AvgIpc) is 2.92. The van der Waals surface area contributed by atoms with Gasteiger partial charge in [0.15, 0.2) is 10.6 Å². The number of aryl methyl sites for hydroxylation is 1. The van der Waals surface area contributed by atoms with Crippen molar-refractivity contribution < 1.29 is 5.11 Å². The van der Waals surface area contributed by atoms with Gasteiger partial charge in [-0.2, -0.15) is 5.10 Å². The van der Waals surface area contributed by atoms with E-state index in [0.29, 0.717) is 17.3 Å². The molecule has 1 N–H and O–H groups in total. The first-order valence-corrected chi connectivity index (χ1v) is 8.01. The molecule has 0 bridgehead atoms. The lowest BCUT2D eigenvalue weighted by Crippen LogP contribution is -2.23. The van der Waals surface area contributed by atoms with Crippen molar-refractivity contribution in [3.8, 4) is 0 Å². The van der Waals surface area contributed by atoms with Crippen LogP contribution < -0.4 is 0 Å². The van der Waals surface area contributed by atoms with Crippen molar-refractivity contribution in [2.45, 2.75) is 39.7 Å². The number of aromatic nitrogens is 4. The zero-order chi connectivity index (χ0) is 16.3. The van der Waals surface area contributed by atoms with E-state index < -0.39 is 0 Å². The molecule has 2 aromatic heterocycles. The third kappa shape index (κ3) is 3.78. The summed E-state index contributed by atoms with van der Waals surface area (Å²) in [6.07, 6.45) is 2.83. The molecule has 0 radical (unpaired) electrons. The number of hydrogen-bond acceptors (Lipinski definition) is 4. The summed E-state index contributed by atoms with van der Waals surface area (Å²) in [6.45, 7) is 4.04. The van der Waals surface area contributed by atoms with E-state index >= 15 is 0 Å². The van der Waals surface area contributed by atoms with Crippen LogP contribution in [0.25, 0.3) is 0 Å². The zero-order valence-electron chi connectivity index (χ0n) is 13.2. The minimum absolute atomic E-state index is 0.103. The number of halogens is 1. The summed E-state index contributed by atoms with van der Waals surface area (Å²) >= 11 is 11.5. The lowest BCUT2D eigenvalue weighted by molar-refractivity contribution is 0.234. The summed E-state index contributed by atoms with van der Waals surface area (Å²) in [4.78, 5) is 2.10. The second kappa shape index (κ2) is 7.41. The fourth-order valence-corrected chi connectivity index (χ4v) is 2.99. The van der Waals surface area contributed by atoms with Crippen LogP contribution in [0.5, 0.6) is 0 Å². The maximum atomic E-state index is 9.42. The molecule has 2 heterocycles. The van der Waals surface area contributed by atoms with Crippen LogP contribution in [-0.4, -0.2) is 36.0 Å². The average molecular weight is 344 g/mol. The molecule has 2 rings (SSSR count). The molecule has 0 aliphatic rings. The van der Waals surface area contributed by atoms with Gasteiger partial charge in [0.2, 0.25) is 0 Å². The quantitative estimate of drug-likeness (QED) is 0.784. The molecule has 0 atom stereocenters. The molecule has 122 valence electrons. The lowest BCUT2D eigenvalue weighted by Gasteiger charge is -2.16. The summed E-state index contributed by atoms with van der Waals surface area (Å²) < 4.78 is 6.29. The molecule has 0 amide bonds. The summed E-state index contributed by atoms with van der Waals surface area (Å²) in [5, 5.41) is 14.6. The summed E-state index contributed by atoms with van der Waals surface area (Å²) in [6, 6.07) is 1.95. The molecule has 0 unspecified atom stereocenters. The van der Waals surface area contributed by atoms with Crippen LogP contribution >= 0.6 is 23.8 Å². The molecular formula is C14H22ClN5OS. The molecule has 0 aliphatic heterocycles. The highest BCUT2D eigenvalue weighted by Gasteiger charge is 2.12. The van der Waals surface area contributed by atoms with Crippen LogP contribution in [0.1, 0.15) is 24.9 Å². The number of hydrogen-bond donors (Lipinski definition) is 1. The monoisotopic (exact) mass is 343 g/mol. The second-order valence-corrected chi connectivity index (χ2v) is 6.23. The Morgan fingerprint density at radius 1 is 1.45 bits per heavy atom. The molecular weight excluding hydrogens is 322 g/mol. The first-order chi connectivity index (χ1) is 10.5. The van der Waals surface area contributed by atoms with E-state index in [0.717, 1.165) is 30.2 Å². The van der Waals surface area contributed by atoms with Gasteiger partial charge in [-0.15, -0.1) is 0 Å². The van der Waals surface area contributed by atoms with Crippen molar-refractivity contribution in [2.24, 2.45) is 7.05 Å². The Balaban J connectivity index is 2.13. The van der Waals surface area contributed by atoms with E-state index in [2.05, 4.69) is 16.9 Å². The molecule has 0 saturated heterocycles. The molecule has 0 aliphatic carbocycles. The van der Waals surface area contributed by atoms with Gasteiger partial charge >= 0.3 is 0 Å². The number of aliphatic hydroxyl groups excluding tert-OH is 1. The first kappa shape index (κ1) is 17.2. The van der Waals surface area contributed by atoms with Gasteiger partial charge in [-0.25, -0.2) is 4.68 Å². The van der Waals surface area contributed by atoms with Gasteiger partial charge < -0.3 is 14.2 Å². The van der Waals surface area contributed by atoms with Crippen LogP contribution in [0, 0.1) is 4.77 Å². The second-order valence-electron chi connectivity index (χ2n) is 5.42. The number of rotatable bonds is 7. The van der Waals surface area contributed by atoms with Gasteiger partial charge in [-0.3, -0.25) is 4.90 Å². The van der Waals surface area contributed by atoms with Gasteiger partial charge in [0.1, 0.15) is 6.61 Å². The topological polar surface area (TPSA) is 51.1 Å². The van der Waals surface area contributed by atoms with Crippen molar-refractivity contribution in [1.29, 1.82) is 0 Å². The van der Waals surface area contributed by atoms with Crippen LogP contribution in [-0.2, 0) is 33.4 Å². The molecule has 0 fully saturated rings. The van der Waals surface area contributed by atoms with Gasteiger partial charge in [0.25, 0.3) is 0 Å². The predicted molar refractivity (Wildman–Crippen MR) is 89.2 cm³/mol. The fourth-order valence-electron chi connectivity index (χ4n) is 2.42. The number of aliphatic hydroxyl groups is 1. The molecule has 22 heavy (non-hydrogen) atoms. The van der Waals surface area contributed by atoms with Gasteiger partial charge in [-0.05, 0) is 31.8 Å². The normalized spacial score (nSPS) is 11.5. The van der Waals surface area contributed by atoms with Crippen molar-refractivity contribution in [2.75, 3.05) is 7.05 Å². The highest BCUT2D eigenvalue weighted by molar-refractivity contribution is 7.71. The standard InChI is InChI=1S/C14H22ClN5OS/c1-4-5-19-13(9-21)16-20(14(19)22)10-17(2)8-12-6-11(15)7-18(12)3/h6-7,21H,4-5,8-10H2,1-3H3. The molecule has 0 aromatic carbocycles. The number of nitrogens with zero attached hydrogens (tertiary/aromatic N) is 5. The third-order valence-electron chi connectivity index (χ3n) is 3.47. The van der Waals surface area contributed by atoms with Crippen molar-refractivity contribution in [3.05, 3.63) is 33.6 Å². The minimum Gasteiger partial charge on any atom is -0.388 e. The third-order valence-corrected chi connectivity index (χ3v) is 4.11. The van der Waals surface area contributed by atoms with Gasteiger partial charge in [0.05, 0.1) is 11.7 Å². The molecule has 0 saturated carbocycles. The van der Waals surface area contributed by atoms with Crippen molar-refractivity contribution in [3.63, 3.8) is 0 Å². The Morgan fingerprint density at radius 3 is 2.73 bits per heavy atom. The SMILES string of the molecule is CCCn1c(CO)nn(CN(C)Cc2cc(Cl)cn2C)c1=S. The van der Waals surface area contributed by atoms with E-state index in [1.165, 1.54) is 0 Å². The van der Waals surface area contributed by atoms with Crippen molar-refractivity contribution >= 4 is 23.8 Å². The molecule has 8 heteroatoms. The highest BCUT2D eigenvalue weighted by atomic mass is 35.5. The lowest BCUT2D eigenvalue weighted by atomic mass is 10.4. The van der Waals surface area contributed by atoms with Crippen LogP contribution in [0.3, 0.4) is 0 Å². The van der Waals surface area contributed by atoms with E-state index in [9.17, 15) is 5.11 Å². The zero-order valence-corrected chi connectivity index (χ0v) is 14.7. The largest absolute Gasteiger partial charge is 0.388 e. The Kier molecular flexibility index (Phi) is 5.80. The van der Waals surface area contributed by atoms with Crippen LogP contribution in [0.4, 0.5) is 0 Å². The van der Waals surface area contributed by atoms with E-state index in [1.807, 2.05) is 35.5 Å². The van der Waals surface area contributed by atoms with E-state index in [4.69, 9.17) is 23.8 Å². The Bertz CT molecular complexity index is 690. The summed E-state index contributed by atoms with van der Waals surface area (Å²) in [7, 11) is 3.97. The fraction of sp³-hybridized carbons (Fsp3) is 0.571. The minimum atomic E-state index is -0.103. The van der Waals surface area contributed by atoms with E-state index in [-0.39, 0.29) is 6.61 Å². The van der Waals surface area contributed by atoms with Gasteiger partial charge in [-0.1, -0.05) is 18.5 Å². The molecule has 2 aromatic rings. The Morgan fingerprint density at radius 2 is 2.18 bits per heavy atom. The first-order valence-electron chi connectivity index (χ1n) is 7.23. The Labute approximate surface area is 140 Å². The molecule has 0 spiro atoms. The van der Waals surface area contributed by atoms with Crippen LogP contribution in [0.2, 0.25) is 5.02 Å². The predicted octanol–water partition coefficient (Wildman–Crippen LogP) is 2.40. The van der Waals surface area contributed by atoms with Crippen molar-refractivity contribution in [1.82, 2.24) is 23.8 Å². The van der Waals surface area contributed by atoms with Gasteiger partial charge in [0, 0.05) is 32.0 Å². The Hall–Kier alpha value is -1.15. The summed E-state index contributed by atoms with van der Waals surface area (Å²) in [5.74, 6) is 0.613.